The lowest BCUT2D eigenvalue weighted by Crippen LogP contribution is -2.49. The molecule has 1 heterocycles. The molecule has 1 saturated heterocycles. The van der Waals surface area contributed by atoms with Gasteiger partial charge in [-0.3, -0.25) is 0 Å². The van der Waals surface area contributed by atoms with Gasteiger partial charge in [-0.1, -0.05) is 12.1 Å². The van der Waals surface area contributed by atoms with E-state index in [1.807, 2.05) is 38.1 Å². The first-order chi connectivity index (χ1) is 9.10. The molecule has 1 aliphatic rings. The van der Waals surface area contributed by atoms with E-state index < -0.39 is 0 Å². The molecule has 0 aliphatic carbocycles. The van der Waals surface area contributed by atoms with Gasteiger partial charge in [-0.05, 0) is 26.0 Å². The molecule has 1 aromatic rings. The number of benzene rings is 1. The van der Waals surface area contributed by atoms with Crippen molar-refractivity contribution in [2.45, 2.75) is 26.1 Å². The van der Waals surface area contributed by atoms with Crippen LogP contribution in [0.5, 0.6) is 5.75 Å². The van der Waals surface area contributed by atoms with Crippen molar-refractivity contribution in [2.24, 2.45) is 0 Å². The summed E-state index contributed by atoms with van der Waals surface area (Å²) >= 11 is 0. The van der Waals surface area contributed by atoms with E-state index in [-0.39, 0.29) is 18.2 Å². The number of ether oxygens (including phenoxy) is 2. The summed E-state index contributed by atoms with van der Waals surface area (Å²) in [6, 6.07) is 7.26. The van der Waals surface area contributed by atoms with E-state index in [1.54, 1.807) is 12.0 Å². The number of carbonyl (C=O) groups excluding carboxylic acids is 1. The van der Waals surface area contributed by atoms with E-state index >= 15 is 0 Å². The van der Waals surface area contributed by atoms with Gasteiger partial charge in [0.05, 0.1) is 25.0 Å². The number of hydrogen-bond acceptors (Lipinski definition) is 3. The molecule has 19 heavy (non-hydrogen) atoms. The summed E-state index contributed by atoms with van der Waals surface area (Å²) in [4.78, 5) is 14.0. The first-order valence-corrected chi connectivity index (χ1v) is 6.44. The van der Waals surface area contributed by atoms with Gasteiger partial charge in [-0.2, -0.15) is 0 Å². The van der Waals surface area contributed by atoms with Gasteiger partial charge in [0.25, 0.3) is 0 Å². The largest absolute Gasteiger partial charge is 0.495 e. The van der Waals surface area contributed by atoms with Crippen LogP contribution in [0.4, 0.5) is 10.5 Å². The molecule has 5 heteroatoms. The van der Waals surface area contributed by atoms with Crippen molar-refractivity contribution < 1.29 is 14.3 Å². The zero-order valence-corrected chi connectivity index (χ0v) is 11.6. The van der Waals surface area contributed by atoms with E-state index in [0.717, 1.165) is 0 Å². The van der Waals surface area contributed by atoms with Gasteiger partial charge in [0.1, 0.15) is 5.75 Å². The second kappa shape index (κ2) is 5.93. The fraction of sp³-hybridized carbons (Fsp3) is 0.500. The monoisotopic (exact) mass is 264 g/mol. The van der Waals surface area contributed by atoms with Gasteiger partial charge in [0, 0.05) is 13.1 Å². The maximum absolute atomic E-state index is 12.2. The third-order valence-corrected chi connectivity index (χ3v) is 3.06. The molecule has 5 nitrogen and oxygen atoms in total. The van der Waals surface area contributed by atoms with Crippen LogP contribution in [0.2, 0.25) is 0 Å². The van der Waals surface area contributed by atoms with Crippen LogP contribution in [-0.2, 0) is 4.74 Å². The number of nitrogens with one attached hydrogen (secondary N) is 1. The number of nitrogens with zero attached hydrogens (tertiary/aromatic N) is 1. The Bertz CT molecular complexity index is 440. The van der Waals surface area contributed by atoms with Gasteiger partial charge in [-0.25, -0.2) is 4.79 Å². The summed E-state index contributed by atoms with van der Waals surface area (Å²) in [6.45, 7) is 5.15. The second-order valence-corrected chi connectivity index (χ2v) is 4.79. The van der Waals surface area contributed by atoms with Gasteiger partial charge in [0.15, 0.2) is 0 Å². The van der Waals surface area contributed by atoms with Crippen LogP contribution in [0.25, 0.3) is 0 Å². The first kappa shape index (κ1) is 13.7. The zero-order chi connectivity index (χ0) is 13.8. The van der Waals surface area contributed by atoms with Crippen LogP contribution in [0.15, 0.2) is 24.3 Å². The molecule has 0 spiro atoms. The number of rotatable bonds is 2. The Balaban J connectivity index is 2.04. The standard InChI is InChI=1S/C14H20N2O3/c1-10-8-16(9-11(2)19-10)14(17)15-12-6-4-5-7-13(12)18-3/h4-7,10-11H,8-9H2,1-3H3,(H,15,17)/t10-,11-/m0/s1. The Hall–Kier alpha value is -1.75. The van der Waals surface area contributed by atoms with Crippen LogP contribution >= 0.6 is 0 Å². The number of urea groups is 1. The van der Waals surface area contributed by atoms with Crippen LogP contribution in [0.3, 0.4) is 0 Å². The van der Waals surface area contributed by atoms with E-state index in [4.69, 9.17) is 9.47 Å². The highest BCUT2D eigenvalue weighted by Gasteiger charge is 2.26. The highest BCUT2D eigenvalue weighted by Crippen LogP contribution is 2.23. The van der Waals surface area contributed by atoms with Crippen LogP contribution in [-0.4, -0.2) is 43.3 Å². The van der Waals surface area contributed by atoms with Crippen molar-refractivity contribution in [3.63, 3.8) is 0 Å². The smallest absolute Gasteiger partial charge is 0.322 e. The van der Waals surface area contributed by atoms with Crippen molar-refractivity contribution in [1.82, 2.24) is 4.90 Å². The number of methoxy groups -OCH3 is 1. The first-order valence-electron chi connectivity index (χ1n) is 6.44. The molecule has 0 radical (unpaired) electrons. The lowest BCUT2D eigenvalue weighted by atomic mass is 10.2. The van der Waals surface area contributed by atoms with Gasteiger partial charge >= 0.3 is 6.03 Å². The van der Waals surface area contributed by atoms with E-state index in [1.165, 1.54) is 0 Å². The van der Waals surface area contributed by atoms with Crippen LogP contribution in [0, 0.1) is 0 Å². The Morgan fingerprint density at radius 2 is 1.95 bits per heavy atom. The predicted octanol–water partition coefficient (Wildman–Crippen LogP) is 2.34. The molecule has 1 aliphatic heterocycles. The van der Waals surface area contributed by atoms with Crippen LogP contribution in [0.1, 0.15) is 13.8 Å². The molecular weight excluding hydrogens is 244 g/mol. The van der Waals surface area contributed by atoms with Crippen molar-refractivity contribution in [2.75, 3.05) is 25.5 Å². The Morgan fingerprint density at radius 1 is 1.32 bits per heavy atom. The molecule has 0 aromatic heterocycles. The molecule has 1 N–H and O–H groups in total. The summed E-state index contributed by atoms with van der Waals surface area (Å²) in [6.07, 6.45) is 0.124. The van der Waals surface area contributed by atoms with E-state index in [2.05, 4.69) is 5.32 Å². The minimum absolute atomic E-state index is 0.0622. The molecule has 1 aromatic carbocycles. The molecule has 104 valence electrons. The molecule has 2 amide bonds. The third-order valence-electron chi connectivity index (χ3n) is 3.06. The second-order valence-electron chi connectivity index (χ2n) is 4.79. The quantitative estimate of drug-likeness (QED) is 0.892. The Morgan fingerprint density at radius 3 is 2.58 bits per heavy atom. The molecule has 2 rings (SSSR count). The average molecular weight is 264 g/mol. The number of anilines is 1. The topological polar surface area (TPSA) is 50.8 Å². The SMILES string of the molecule is COc1ccccc1NC(=O)N1C[C@H](C)O[C@@H](C)C1. The van der Waals surface area contributed by atoms with Gasteiger partial charge in [-0.15, -0.1) is 0 Å². The average Bonchev–Trinajstić information content (AvgIpc) is 2.38. The molecule has 1 fully saturated rings. The van der Waals surface area contributed by atoms with Crippen molar-refractivity contribution >= 4 is 11.7 Å². The Labute approximate surface area is 113 Å². The molecule has 0 saturated carbocycles. The van der Waals surface area contributed by atoms with Gasteiger partial charge < -0.3 is 19.7 Å². The fourth-order valence-electron chi connectivity index (χ4n) is 2.29. The maximum Gasteiger partial charge on any atom is 0.322 e. The van der Waals surface area contributed by atoms with Crippen molar-refractivity contribution in [1.29, 1.82) is 0 Å². The normalized spacial score (nSPS) is 23.0. The zero-order valence-electron chi connectivity index (χ0n) is 11.6. The summed E-state index contributed by atoms with van der Waals surface area (Å²) in [5.74, 6) is 0.658. The molecule has 0 unspecified atom stereocenters. The summed E-state index contributed by atoms with van der Waals surface area (Å²) < 4.78 is 10.8. The minimum Gasteiger partial charge on any atom is -0.495 e. The van der Waals surface area contributed by atoms with Gasteiger partial charge in [0.2, 0.25) is 0 Å². The van der Waals surface area contributed by atoms with Crippen molar-refractivity contribution in [3.8, 4) is 5.75 Å². The van der Waals surface area contributed by atoms with Crippen molar-refractivity contribution in [3.05, 3.63) is 24.3 Å². The maximum atomic E-state index is 12.2. The molecular formula is C14H20N2O3. The number of amides is 2. The number of carbonyl (C=O) groups is 1. The lowest BCUT2D eigenvalue weighted by molar-refractivity contribution is -0.0530. The van der Waals surface area contributed by atoms with Crippen LogP contribution < -0.4 is 10.1 Å². The van der Waals surface area contributed by atoms with E-state index in [9.17, 15) is 4.79 Å². The Kier molecular flexibility index (Phi) is 4.27. The summed E-state index contributed by atoms with van der Waals surface area (Å²) in [7, 11) is 1.59. The number of hydrogen-bond donors (Lipinski definition) is 1. The lowest BCUT2D eigenvalue weighted by Gasteiger charge is -2.35. The third kappa shape index (κ3) is 3.38. The van der Waals surface area contributed by atoms with E-state index in [0.29, 0.717) is 24.5 Å². The number of morpholine rings is 1. The predicted molar refractivity (Wildman–Crippen MR) is 73.6 cm³/mol. The fourth-order valence-corrected chi connectivity index (χ4v) is 2.29. The molecule has 2 atom stereocenters. The summed E-state index contributed by atoms with van der Waals surface area (Å²) in [5.41, 5.74) is 0.682. The minimum atomic E-state index is -0.119. The highest BCUT2D eigenvalue weighted by atomic mass is 16.5. The number of para-hydroxylation sites is 2. The highest BCUT2D eigenvalue weighted by molar-refractivity contribution is 5.91. The molecule has 0 bridgehead atoms. The summed E-state index contributed by atoms with van der Waals surface area (Å²) in [5, 5.41) is 2.88.